The molecule has 3 unspecified atom stereocenters. The zero-order chi connectivity index (χ0) is 14.8. The number of ether oxygens (including phenoxy) is 1. The fourth-order valence-electron chi connectivity index (χ4n) is 3.35. The molecule has 112 valence electrons. The summed E-state index contributed by atoms with van der Waals surface area (Å²) in [4.78, 5) is 0. The fraction of sp³-hybridized carbons (Fsp3) is 0.667. The van der Waals surface area contributed by atoms with E-state index in [1.54, 1.807) is 0 Å². The highest BCUT2D eigenvalue weighted by Crippen LogP contribution is 2.36. The maximum atomic E-state index is 6.58. The Bertz CT molecular complexity index is 415. The smallest absolute Gasteiger partial charge is 0.0988 e. The van der Waals surface area contributed by atoms with Crippen molar-refractivity contribution in [1.82, 2.24) is 5.32 Å². The Morgan fingerprint density at radius 2 is 1.85 bits per heavy atom. The van der Waals surface area contributed by atoms with E-state index in [1.165, 1.54) is 5.56 Å². The van der Waals surface area contributed by atoms with Gasteiger partial charge in [0.25, 0.3) is 0 Å². The minimum atomic E-state index is -0.0694. The van der Waals surface area contributed by atoms with Gasteiger partial charge in [0.1, 0.15) is 0 Å². The Morgan fingerprint density at radius 3 is 2.40 bits per heavy atom. The number of morpholine rings is 1. The molecule has 20 heavy (non-hydrogen) atoms. The second-order valence-electron chi connectivity index (χ2n) is 7.15. The van der Waals surface area contributed by atoms with Crippen LogP contribution in [0.3, 0.4) is 0 Å². The van der Waals surface area contributed by atoms with Crippen LogP contribution in [0, 0.1) is 11.8 Å². The molecule has 1 aliphatic rings. The molecule has 2 heteroatoms. The molecule has 2 nitrogen and oxygen atoms in total. The lowest BCUT2D eigenvalue weighted by Gasteiger charge is -2.46. The third-order valence-electron chi connectivity index (χ3n) is 4.14. The van der Waals surface area contributed by atoms with E-state index < -0.39 is 0 Å². The molecular formula is C18H29NO. The van der Waals surface area contributed by atoms with Crippen LogP contribution in [0.4, 0.5) is 0 Å². The lowest BCUT2D eigenvalue weighted by Crippen LogP contribution is -2.56. The molecule has 1 aromatic rings. The third kappa shape index (κ3) is 3.62. The van der Waals surface area contributed by atoms with Crippen molar-refractivity contribution in [1.29, 1.82) is 0 Å². The van der Waals surface area contributed by atoms with E-state index in [0.29, 0.717) is 17.9 Å². The molecule has 0 spiro atoms. The van der Waals surface area contributed by atoms with Crippen LogP contribution in [0.5, 0.6) is 0 Å². The van der Waals surface area contributed by atoms with E-state index in [4.69, 9.17) is 4.74 Å². The number of hydrogen-bond donors (Lipinski definition) is 1. The van der Waals surface area contributed by atoms with E-state index in [-0.39, 0.29) is 11.7 Å². The summed E-state index contributed by atoms with van der Waals surface area (Å²) in [6.45, 7) is 12.2. The zero-order valence-electron chi connectivity index (χ0n) is 13.5. The first kappa shape index (κ1) is 15.5. The molecule has 1 aromatic carbocycles. The van der Waals surface area contributed by atoms with Crippen molar-refractivity contribution in [3.05, 3.63) is 35.9 Å². The summed E-state index contributed by atoms with van der Waals surface area (Å²) in [5.74, 6) is 1.21. The van der Waals surface area contributed by atoms with Crippen LogP contribution >= 0.6 is 0 Å². The molecule has 1 N–H and O–H groups in total. The quantitative estimate of drug-likeness (QED) is 0.890. The van der Waals surface area contributed by atoms with Crippen molar-refractivity contribution in [3.63, 3.8) is 0 Å². The molecule has 0 saturated carbocycles. The first-order valence-corrected chi connectivity index (χ1v) is 7.87. The van der Waals surface area contributed by atoms with Crippen LogP contribution in [0.1, 0.15) is 52.7 Å². The van der Waals surface area contributed by atoms with Gasteiger partial charge in [-0.2, -0.15) is 0 Å². The van der Waals surface area contributed by atoms with E-state index in [9.17, 15) is 0 Å². The van der Waals surface area contributed by atoms with Crippen LogP contribution in [0.25, 0.3) is 0 Å². The summed E-state index contributed by atoms with van der Waals surface area (Å²) in [6, 6.07) is 11.0. The average Bonchev–Trinajstić information content (AvgIpc) is 2.38. The molecule has 0 aromatic heterocycles. The van der Waals surface area contributed by atoms with Crippen molar-refractivity contribution < 1.29 is 4.74 Å². The monoisotopic (exact) mass is 275 g/mol. The van der Waals surface area contributed by atoms with E-state index in [2.05, 4.69) is 70.3 Å². The van der Waals surface area contributed by atoms with Crippen LogP contribution < -0.4 is 5.32 Å². The summed E-state index contributed by atoms with van der Waals surface area (Å²) >= 11 is 0. The predicted molar refractivity (Wildman–Crippen MR) is 84.8 cm³/mol. The first-order valence-electron chi connectivity index (χ1n) is 7.87. The molecule has 3 atom stereocenters. The molecular weight excluding hydrogens is 246 g/mol. The number of hydrogen-bond acceptors (Lipinski definition) is 2. The number of rotatable bonds is 4. The largest absolute Gasteiger partial charge is 0.364 e. The minimum Gasteiger partial charge on any atom is -0.364 e. The second-order valence-corrected chi connectivity index (χ2v) is 7.15. The van der Waals surface area contributed by atoms with Crippen LogP contribution in [0.15, 0.2) is 30.3 Å². The van der Waals surface area contributed by atoms with Gasteiger partial charge in [-0.15, -0.1) is 0 Å². The summed E-state index contributed by atoms with van der Waals surface area (Å²) < 4.78 is 6.58. The summed E-state index contributed by atoms with van der Waals surface area (Å²) in [7, 11) is 0. The van der Waals surface area contributed by atoms with Gasteiger partial charge < -0.3 is 10.1 Å². The van der Waals surface area contributed by atoms with E-state index in [0.717, 1.165) is 13.0 Å². The Balaban J connectivity index is 2.22. The van der Waals surface area contributed by atoms with Gasteiger partial charge in [-0.05, 0) is 30.7 Å². The Morgan fingerprint density at radius 1 is 1.20 bits per heavy atom. The van der Waals surface area contributed by atoms with Crippen molar-refractivity contribution >= 4 is 0 Å². The maximum absolute atomic E-state index is 6.58. The van der Waals surface area contributed by atoms with Crippen LogP contribution in [-0.4, -0.2) is 18.2 Å². The molecule has 0 aliphatic carbocycles. The van der Waals surface area contributed by atoms with E-state index >= 15 is 0 Å². The van der Waals surface area contributed by atoms with Gasteiger partial charge >= 0.3 is 0 Å². The third-order valence-corrected chi connectivity index (χ3v) is 4.14. The van der Waals surface area contributed by atoms with Gasteiger partial charge in [-0.25, -0.2) is 0 Å². The number of benzene rings is 1. The molecule has 0 amide bonds. The Kier molecular flexibility index (Phi) is 4.87. The maximum Gasteiger partial charge on any atom is 0.0988 e. The van der Waals surface area contributed by atoms with Crippen LogP contribution in [-0.2, 0) is 4.74 Å². The van der Waals surface area contributed by atoms with E-state index in [1.807, 2.05) is 0 Å². The topological polar surface area (TPSA) is 21.3 Å². The minimum absolute atomic E-state index is 0.0694. The van der Waals surface area contributed by atoms with Gasteiger partial charge in [0, 0.05) is 12.6 Å². The van der Waals surface area contributed by atoms with Crippen molar-refractivity contribution in [3.8, 4) is 0 Å². The average molecular weight is 275 g/mol. The zero-order valence-corrected chi connectivity index (χ0v) is 13.5. The molecule has 2 rings (SSSR count). The summed E-state index contributed by atoms with van der Waals surface area (Å²) in [6.07, 6.45) is 1.24. The molecule has 1 aliphatic heterocycles. The molecule has 1 heterocycles. The van der Waals surface area contributed by atoms with Crippen molar-refractivity contribution in [2.45, 2.75) is 58.8 Å². The Labute approximate surface area is 123 Å². The summed E-state index contributed by atoms with van der Waals surface area (Å²) in [5.41, 5.74) is 1.22. The highest BCUT2D eigenvalue weighted by Gasteiger charge is 2.40. The first-order chi connectivity index (χ1) is 9.41. The molecule has 1 fully saturated rings. The fourth-order valence-corrected chi connectivity index (χ4v) is 3.35. The van der Waals surface area contributed by atoms with Crippen molar-refractivity contribution in [2.75, 3.05) is 6.54 Å². The predicted octanol–water partition coefficient (Wildman–Crippen LogP) is 4.18. The van der Waals surface area contributed by atoms with Gasteiger partial charge in [-0.3, -0.25) is 0 Å². The van der Waals surface area contributed by atoms with Gasteiger partial charge in [0.05, 0.1) is 11.7 Å². The standard InChI is InChI=1S/C18H29NO/c1-13(2)11-18(5)12-19-16(14(3)4)17(20-18)15-9-7-6-8-10-15/h6-10,13-14,16-17,19H,11-12H2,1-5H3. The molecule has 0 bridgehead atoms. The van der Waals surface area contributed by atoms with Crippen molar-refractivity contribution in [2.24, 2.45) is 11.8 Å². The lowest BCUT2D eigenvalue weighted by molar-refractivity contribution is -0.143. The number of nitrogens with one attached hydrogen (secondary N) is 1. The molecule has 1 saturated heterocycles. The summed E-state index contributed by atoms with van der Waals surface area (Å²) in [5, 5.41) is 3.74. The highest BCUT2D eigenvalue weighted by molar-refractivity contribution is 5.20. The Hall–Kier alpha value is -0.860. The highest BCUT2D eigenvalue weighted by atomic mass is 16.5. The normalized spacial score (nSPS) is 30.9. The van der Waals surface area contributed by atoms with Gasteiger partial charge in [-0.1, -0.05) is 58.0 Å². The van der Waals surface area contributed by atoms with Gasteiger partial charge in [0.2, 0.25) is 0 Å². The molecule has 0 radical (unpaired) electrons. The van der Waals surface area contributed by atoms with Gasteiger partial charge in [0.15, 0.2) is 0 Å². The second kappa shape index (κ2) is 6.28. The SMILES string of the molecule is CC(C)CC1(C)CNC(C(C)C)C(c2ccccc2)O1. The lowest BCUT2D eigenvalue weighted by atomic mass is 9.86. The van der Waals surface area contributed by atoms with Crippen LogP contribution in [0.2, 0.25) is 0 Å².